The molecule has 2 aliphatic rings. The summed E-state index contributed by atoms with van der Waals surface area (Å²) in [7, 11) is -2.19. The normalized spacial score (nSPS) is 29.2. The number of rotatable bonds is 6. The zero-order chi connectivity index (χ0) is 19.1. The molecule has 2 fully saturated rings. The Hall–Kier alpha value is -1.82. The summed E-state index contributed by atoms with van der Waals surface area (Å²) in [6, 6.07) is 0. The maximum atomic E-state index is 13.4. The Morgan fingerprint density at radius 3 is 3.00 bits per heavy atom. The number of halogens is 1. The van der Waals surface area contributed by atoms with Crippen LogP contribution in [0, 0.1) is 0 Å². The van der Waals surface area contributed by atoms with Crippen LogP contribution in [0.5, 0.6) is 0 Å². The van der Waals surface area contributed by atoms with Gasteiger partial charge in [0.2, 0.25) is 0 Å². The first-order valence-electron chi connectivity index (χ1n) is 8.86. The van der Waals surface area contributed by atoms with E-state index in [1.807, 2.05) is 4.57 Å². The average molecular weight is 412 g/mol. The molecule has 3 aromatic rings. The molecule has 0 aromatic carbocycles. The fraction of sp³-hybridized carbons (Fsp3) is 0.600. The van der Waals surface area contributed by atoms with E-state index < -0.39 is 20.9 Å². The second kappa shape index (κ2) is 7.54. The number of alkyl halides is 1. The highest BCUT2D eigenvalue weighted by atomic mass is 31.2. The molecule has 5 atom stereocenters. The summed E-state index contributed by atoms with van der Waals surface area (Å²) in [5.74, 6) is 0. The fourth-order valence-corrected chi connectivity index (χ4v) is 4.16. The van der Waals surface area contributed by atoms with Crippen molar-refractivity contribution in [2.45, 2.75) is 37.4 Å². The van der Waals surface area contributed by atoms with E-state index >= 15 is 0 Å². The van der Waals surface area contributed by atoms with Gasteiger partial charge in [0.05, 0.1) is 32.3 Å². The molecule has 3 aromatic heterocycles. The molecule has 2 saturated heterocycles. The van der Waals surface area contributed by atoms with Crippen LogP contribution in [0.15, 0.2) is 19.0 Å². The highest BCUT2D eigenvalue weighted by Gasteiger charge is 2.33. The van der Waals surface area contributed by atoms with Gasteiger partial charge >= 0.3 is 8.60 Å². The average Bonchev–Trinajstić information content (AvgIpc) is 3.46. The first-order valence-corrected chi connectivity index (χ1v) is 9.99. The minimum atomic E-state index is -2.19. The van der Waals surface area contributed by atoms with Crippen molar-refractivity contribution in [1.82, 2.24) is 29.1 Å². The molecule has 5 heterocycles. The Morgan fingerprint density at radius 2 is 2.14 bits per heavy atom. The summed E-state index contributed by atoms with van der Waals surface area (Å²) >= 11 is 0. The third-order valence-corrected chi connectivity index (χ3v) is 5.62. The van der Waals surface area contributed by atoms with E-state index in [4.69, 9.17) is 18.5 Å². The number of hydrogen-bond acceptors (Lipinski definition) is 9. The van der Waals surface area contributed by atoms with Crippen LogP contribution in [0.3, 0.4) is 0 Å². The van der Waals surface area contributed by atoms with Crippen LogP contribution in [0.2, 0.25) is 0 Å². The Labute approximate surface area is 159 Å². The van der Waals surface area contributed by atoms with Gasteiger partial charge in [-0.15, -0.1) is 0 Å². The van der Waals surface area contributed by atoms with Crippen molar-refractivity contribution in [2.24, 2.45) is 0 Å². The molecule has 28 heavy (non-hydrogen) atoms. The number of imidazole rings is 1. The lowest BCUT2D eigenvalue weighted by Crippen LogP contribution is -2.22. The summed E-state index contributed by atoms with van der Waals surface area (Å²) in [5, 5.41) is 4.05. The van der Waals surface area contributed by atoms with Crippen LogP contribution in [-0.2, 0) is 18.5 Å². The number of hydrogen-bond donors (Lipinski definition) is 1. The smallest absolute Gasteiger partial charge is 0.330 e. The molecular formula is C15H18FN6O5P. The molecular weight excluding hydrogens is 394 g/mol. The lowest BCUT2D eigenvalue weighted by molar-refractivity contribution is -0.0208. The first-order chi connectivity index (χ1) is 13.7. The van der Waals surface area contributed by atoms with Crippen molar-refractivity contribution < 1.29 is 27.8 Å². The maximum Gasteiger partial charge on any atom is 0.330 e. The first kappa shape index (κ1) is 18.2. The number of ether oxygens (including phenoxy) is 2. The van der Waals surface area contributed by atoms with Crippen molar-refractivity contribution in [3.63, 3.8) is 0 Å². The van der Waals surface area contributed by atoms with E-state index in [2.05, 4.69) is 20.1 Å². The third-order valence-electron chi connectivity index (χ3n) is 4.80. The zero-order valence-corrected chi connectivity index (χ0v) is 15.6. The van der Waals surface area contributed by atoms with Gasteiger partial charge in [0, 0.05) is 0 Å². The van der Waals surface area contributed by atoms with E-state index in [0.29, 0.717) is 16.8 Å². The minimum absolute atomic E-state index is 0.0186. The molecule has 0 aliphatic carbocycles. The lowest BCUT2D eigenvalue weighted by atomic mass is 10.2. The van der Waals surface area contributed by atoms with Crippen LogP contribution in [0.25, 0.3) is 16.8 Å². The number of fused-ring (bicyclic) bond motifs is 3. The SMILES string of the molecule is OP(OCC1CCC(n2cnc3c2ncn2ncnc32)O1)OC1COCC1F. The Bertz CT molecular complexity index is 971. The van der Waals surface area contributed by atoms with Crippen molar-refractivity contribution >= 4 is 25.4 Å². The molecule has 13 heteroatoms. The van der Waals surface area contributed by atoms with E-state index in [1.165, 1.54) is 6.33 Å². The van der Waals surface area contributed by atoms with Crippen LogP contribution < -0.4 is 0 Å². The molecule has 11 nitrogen and oxygen atoms in total. The second-order valence-electron chi connectivity index (χ2n) is 6.62. The highest BCUT2D eigenvalue weighted by Crippen LogP contribution is 2.39. The summed E-state index contributed by atoms with van der Waals surface area (Å²) in [6.45, 7) is 0.249. The van der Waals surface area contributed by atoms with Crippen LogP contribution in [-0.4, -0.2) is 72.2 Å². The maximum absolute atomic E-state index is 13.4. The van der Waals surface area contributed by atoms with Gasteiger partial charge in [-0.05, 0) is 12.8 Å². The second-order valence-corrected chi connectivity index (χ2v) is 7.56. The molecule has 0 spiro atoms. The molecule has 0 radical (unpaired) electrons. The molecule has 0 bridgehead atoms. The van der Waals surface area contributed by atoms with E-state index in [0.717, 1.165) is 12.8 Å². The van der Waals surface area contributed by atoms with Gasteiger partial charge in [-0.2, -0.15) is 5.10 Å². The number of aromatic nitrogens is 6. The quantitative estimate of drug-likeness (QED) is 0.595. The predicted molar refractivity (Wildman–Crippen MR) is 92.9 cm³/mol. The van der Waals surface area contributed by atoms with Crippen LogP contribution >= 0.6 is 8.60 Å². The third kappa shape index (κ3) is 3.36. The molecule has 5 rings (SSSR count). The lowest BCUT2D eigenvalue weighted by Gasteiger charge is -2.19. The van der Waals surface area contributed by atoms with Crippen LogP contribution in [0.4, 0.5) is 4.39 Å². The monoisotopic (exact) mass is 412 g/mol. The molecule has 150 valence electrons. The Morgan fingerprint density at radius 1 is 1.21 bits per heavy atom. The van der Waals surface area contributed by atoms with Crippen molar-refractivity contribution in [1.29, 1.82) is 0 Å². The van der Waals surface area contributed by atoms with Crippen molar-refractivity contribution in [3.05, 3.63) is 19.0 Å². The molecule has 5 unspecified atom stereocenters. The predicted octanol–water partition coefficient (Wildman–Crippen LogP) is 1.14. The Balaban J connectivity index is 1.20. The summed E-state index contributed by atoms with van der Waals surface area (Å²) in [6.07, 6.45) is 3.68. The van der Waals surface area contributed by atoms with Gasteiger partial charge in [-0.3, -0.25) is 4.57 Å². The largest absolute Gasteiger partial charge is 0.375 e. The number of nitrogens with zero attached hydrogens (tertiary/aromatic N) is 6. The molecule has 1 N–H and O–H groups in total. The topological polar surface area (TPSA) is 118 Å². The van der Waals surface area contributed by atoms with Gasteiger partial charge < -0.3 is 23.4 Å². The van der Waals surface area contributed by atoms with Crippen molar-refractivity contribution in [2.75, 3.05) is 19.8 Å². The molecule has 2 aliphatic heterocycles. The van der Waals surface area contributed by atoms with Gasteiger partial charge in [0.1, 0.15) is 25.0 Å². The van der Waals surface area contributed by atoms with Gasteiger partial charge in [-0.1, -0.05) is 0 Å². The summed E-state index contributed by atoms with van der Waals surface area (Å²) in [4.78, 5) is 22.8. The van der Waals surface area contributed by atoms with E-state index in [1.54, 1.807) is 17.2 Å². The standard InChI is InChI=1S/C15H18FN6O5P/c16-10-4-24-5-11(10)27-28(23)25-3-9-1-2-12(26-9)21-7-18-13-14(21)19-8-22-15(13)17-6-20-22/h6-12,23H,1-5H2. The van der Waals surface area contributed by atoms with Crippen LogP contribution in [0.1, 0.15) is 19.1 Å². The zero-order valence-electron chi connectivity index (χ0n) is 14.7. The van der Waals surface area contributed by atoms with Crippen molar-refractivity contribution in [3.8, 4) is 0 Å². The van der Waals surface area contributed by atoms with Gasteiger partial charge in [-0.25, -0.2) is 23.9 Å². The summed E-state index contributed by atoms with van der Waals surface area (Å²) in [5.41, 5.74) is 1.94. The van der Waals surface area contributed by atoms with Gasteiger partial charge in [0.15, 0.2) is 23.0 Å². The Kier molecular flexibility index (Phi) is 4.91. The highest BCUT2D eigenvalue weighted by molar-refractivity contribution is 7.40. The van der Waals surface area contributed by atoms with E-state index in [-0.39, 0.29) is 32.2 Å². The molecule has 0 amide bonds. The van der Waals surface area contributed by atoms with E-state index in [9.17, 15) is 9.28 Å². The summed E-state index contributed by atoms with van der Waals surface area (Å²) < 4.78 is 38.3. The minimum Gasteiger partial charge on any atom is -0.375 e. The molecule has 0 saturated carbocycles. The van der Waals surface area contributed by atoms with Gasteiger partial charge in [0.25, 0.3) is 0 Å². The fourth-order valence-electron chi connectivity index (χ4n) is 3.38.